The molecule has 0 spiro atoms. The number of carboxylic acids is 1. The maximum Gasteiger partial charge on any atom is 0.326 e. The molecule has 56 heteroatoms. The molecular weight excluding hydrogens is 1980 g/mol. The van der Waals surface area contributed by atoms with E-state index >= 15 is 67.1 Å². The maximum absolute atomic E-state index is 15.5. The fourth-order valence-corrected chi connectivity index (χ4v) is 19.4. The van der Waals surface area contributed by atoms with E-state index in [0.29, 0.717) is 22.0 Å². The van der Waals surface area contributed by atoms with Crippen LogP contribution in [0, 0.1) is 38.9 Å². The zero-order valence-electron chi connectivity index (χ0n) is 83.6. The van der Waals surface area contributed by atoms with Gasteiger partial charge in [-0.2, -0.15) is 35.3 Å². The molecule has 5 heterocycles. The summed E-state index contributed by atoms with van der Waals surface area (Å²) in [6.07, 6.45) is -2.34. The van der Waals surface area contributed by atoms with Crippen LogP contribution in [0.25, 0.3) is 10.9 Å². The van der Waals surface area contributed by atoms with Crippen molar-refractivity contribution in [3.8, 4) is 0 Å². The average Bonchev–Trinajstić information content (AvgIpc) is 1.000. The van der Waals surface area contributed by atoms with Gasteiger partial charge in [-0.1, -0.05) is 76.2 Å². The number of hydrogen-bond acceptors (Lipinski definition) is 27. The van der Waals surface area contributed by atoms with Crippen molar-refractivity contribution in [2.45, 2.75) is 241 Å². The Labute approximate surface area is 869 Å². The molecule has 0 saturated carbocycles. The molecule has 38 N–H and O–H groups in total. The summed E-state index contributed by atoms with van der Waals surface area (Å²) >= 11 is 2.85. The lowest BCUT2D eigenvalue weighted by Gasteiger charge is -2.42. The molecule has 17 amide bonds. The van der Waals surface area contributed by atoms with E-state index < -0.39 is 278 Å². The van der Waals surface area contributed by atoms with E-state index in [1.165, 1.54) is 19.6 Å². The molecular formula is C92H146N34O19S3. The number of H-pyrrole nitrogens is 1. The molecule has 14 atom stereocenters. The van der Waals surface area contributed by atoms with Gasteiger partial charge in [0, 0.05) is 129 Å². The molecule has 816 valence electrons. The number of primary amides is 1. The van der Waals surface area contributed by atoms with Gasteiger partial charge < -0.3 is 160 Å². The molecule has 4 saturated heterocycles. The van der Waals surface area contributed by atoms with E-state index in [4.69, 9.17) is 67.2 Å². The molecule has 0 unspecified atom stereocenters. The Morgan fingerprint density at radius 3 is 1.46 bits per heavy atom. The Hall–Kier alpha value is -14.2. The van der Waals surface area contributed by atoms with Crippen LogP contribution in [0.15, 0.2) is 60.8 Å². The fourth-order valence-electron chi connectivity index (χ4n) is 16.5. The second-order valence-electron chi connectivity index (χ2n) is 37.1. The molecule has 0 aliphatic carbocycles. The molecule has 2 aromatic carbocycles. The third-order valence-corrected chi connectivity index (χ3v) is 27.4. The summed E-state index contributed by atoms with van der Waals surface area (Å²) in [5.41, 5.74) is 41.9. The van der Waals surface area contributed by atoms with E-state index in [-0.39, 0.29) is 177 Å². The van der Waals surface area contributed by atoms with Crippen LogP contribution in [0.4, 0.5) is 0 Å². The first-order valence-corrected chi connectivity index (χ1v) is 52.6. The summed E-state index contributed by atoms with van der Waals surface area (Å²) < 4.78 is 0. The molecule has 4 fully saturated rings. The molecule has 4 aliphatic heterocycles. The number of carbonyl (C=O) groups is 18. The summed E-state index contributed by atoms with van der Waals surface area (Å²) in [5.74, 6) is -21.9. The third-order valence-electron chi connectivity index (χ3n) is 24.2. The number of aromatic amines is 1. The Morgan fingerprint density at radius 2 is 0.919 bits per heavy atom. The molecule has 53 nitrogen and oxygen atoms in total. The van der Waals surface area contributed by atoms with Crippen molar-refractivity contribution >= 4 is 182 Å². The van der Waals surface area contributed by atoms with Crippen LogP contribution in [0.2, 0.25) is 0 Å². The molecule has 4 bridgehead atoms. The van der Waals surface area contributed by atoms with Gasteiger partial charge in [-0.3, -0.25) is 109 Å². The van der Waals surface area contributed by atoms with Crippen LogP contribution >= 0.6 is 35.3 Å². The Balaban J connectivity index is 1.38. The highest BCUT2D eigenvalue weighted by Crippen LogP contribution is 2.26. The average molecular weight is 2130 g/mol. The van der Waals surface area contributed by atoms with E-state index in [1.54, 1.807) is 88.5 Å². The SMILES string of the molecule is CC(C)C[C@@H]1NC(=O)[C@H](CCC(N)=O)NC(=O)[C@H](CCCNC(=N)N)NC(=O)[C@@H]2CSCCC(=O)N3CN(CN(C3)C(=O)CCSC[C@H](NC(=O)[C@@H](N)CCCNC(=N)N)C(=O)N[C@@H](Cc3ccccc3)C(=O)N[C@@H](CCNC(=N)N)C(=O)N[C@@H](CC(C)C)C(=O)N3CCC[C@H]3C(=O)N2)C(=O)CCSC[C@@H](C(=O)N[C@@H](CCCNC(=N)N)C(=O)N[C@@H](Cc2c[nH]c3ccccc23)C(=O)O)NC(=O)[C@H](CCCNC(=N)N)NC1=O. The fraction of sp³-hybridized carbons (Fsp3) is 0.598. The summed E-state index contributed by atoms with van der Waals surface area (Å²) in [7, 11) is 0. The molecule has 0 radical (unpaired) electrons. The standard InChI is InChI=1S/C92H146N34O19S3/c1-50(2)39-62-80(137)111-59(22-13-33-108-91(101)102)77(134)121-67(82(139)113-58(21-12-32-107-90(99)100)76(133)119-65(87(144)145)42-53-43-110-56-19-9-8-17-54(53)56)45-147-37-28-72(129)124-47-123-48-125(49-124)73(130)29-38-148-46-68(83(140)112-57(20-11-31-106-89(97)98)75(132)114-60(78(135)116-62)24-25-70(94)127)122-85(142)69-23-14-35-126(69)86(143)64(40-51(3)4)118-79(136)61(26-34-109-92(103)104)115-81(138)63(41-52-15-6-5-7-16-52)117-84(141)66(44-146-36-27-71(123)128)120-74(131)55(93)18-10-30-105-88(95)96/h5-9,15-17,19,43,50-51,55,57-69,110H,10-14,18,20-42,44-49,93H2,1-4H3,(H2,94,127)(H,111,137)(H,112,140)(H,113,139)(H,114,132)(H,115,138)(H,116,135)(H,117,141)(H,118,136)(H,119,133)(H,120,131)(H,121,134)(H,122,142)(H,144,145)(H4,95,96,105)(H4,97,98,106)(H4,99,100,107)(H4,101,102,108)(H4,103,104,109)/t55-,57-,58-,59-,60-,61-,62-,63-,64-,65-,66-,67-,68-,69-/m0/s1. The second-order valence-corrected chi connectivity index (χ2v) is 40.6. The number of amides is 17. The van der Waals surface area contributed by atoms with E-state index in [9.17, 15) is 24.3 Å². The number of fused-ring (bicyclic) bond motifs is 9. The summed E-state index contributed by atoms with van der Waals surface area (Å²) in [6.45, 7) is 5.15. The lowest BCUT2D eigenvalue weighted by atomic mass is 10.0. The number of aromatic nitrogens is 1. The van der Waals surface area contributed by atoms with Crippen LogP contribution < -0.4 is 131 Å². The van der Waals surface area contributed by atoms with Crippen molar-refractivity contribution in [1.82, 2.24) is 115 Å². The smallest absolute Gasteiger partial charge is 0.326 e. The van der Waals surface area contributed by atoms with Crippen molar-refractivity contribution in [3.05, 3.63) is 71.9 Å². The highest BCUT2D eigenvalue weighted by molar-refractivity contribution is 7.99. The van der Waals surface area contributed by atoms with Gasteiger partial charge in [0.2, 0.25) is 100 Å². The minimum atomic E-state index is -1.78. The van der Waals surface area contributed by atoms with Crippen LogP contribution in [0.3, 0.4) is 0 Å². The Bertz CT molecular complexity index is 5140. The lowest BCUT2D eigenvalue weighted by molar-refractivity contribution is -0.158. The predicted molar refractivity (Wildman–Crippen MR) is 555 cm³/mol. The minimum absolute atomic E-state index is 0.00675. The van der Waals surface area contributed by atoms with Gasteiger partial charge in [0.05, 0.1) is 26.0 Å². The number of thioether (sulfide) groups is 3. The molecule has 7 rings (SSSR count). The largest absolute Gasteiger partial charge is 0.480 e. The van der Waals surface area contributed by atoms with Gasteiger partial charge in [-0.15, -0.1) is 0 Å². The van der Waals surface area contributed by atoms with Gasteiger partial charge in [0.1, 0.15) is 78.5 Å². The lowest BCUT2D eigenvalue weighted by Crippen LogP contribution is -2.61. The van der Waals surface area contributed by atoms with Crippen molar-refractivity contribution in [2.75, 3.05) is 93.8 Å². The highest BCUT2D eigenvalue weighted by Gasteiger charge is 2.44. The van der Waals surface area contributed by atoms with Gasteiger partial charge >= 0.3 is 5.97 Å². The van der Waals surface area contributed by atoms with Crippen LogP contribution in [-0.2, 0) is 99.1 Å². The minimum Gasteiger partial charge on any atom is -0.480 e. The number of carboxylic acid groups (broad SMARTS) is 1. The van der Waals surface area contributed by atoms with E-state index in [0.717, 1.165) is 35.3 Å². The first-order valence-electron chi connectivity index (χ1n) is 49.1. The third kappa shape index (κ3) is 42.0. The van der Waals surface area contributed by atoms with Crippen LogP contribution in [-0.4, -0.2) is 344 Å². The summed E-state index contributed by atoms with van der Waals surface area (Å²) in [5, 5.41) is 95.7. The monoisotopic (exact) mass is 2130 g/mol. The zero-order chi connectivity index (χ0) is 109. The van der Waals surface area contributed by atoms with Crippen molar-refractivity contribution in [3.63, 3.8) is 0 Å². The normalized spacial score (nSPS) is 22.4. The number of hydrogen-bond donors (Lipinski definition) is 31. The van der Waals surface area contributed by atoms with Gasteiger partial charge in [-0.25, -0.2) is 4.79 Å². The zero-order valence-corrected chi connectivity index (χ0v) is 86.1. The summed E-state index contributed by atoms with van der Waals surface area (Å²) in [4.78, 5) is 276. The number of carbonyl (C=O) groups excluding carboxylic acids is 17. The topological polar surface area (TPSA) is 862 Å². The van der Waals surface area contributed by atoms with Gasteiger partial charge in [-0.05, 0) is 119 Å². The number of nitrogens with two attached hydrogens (primary N) is 7. The van der Waals surface area contributed by atoms with Crippen LogP contribution in [0.1, 0.15) is 154 Å². The van der Waals surface area contributed by atoms with E-state index in [1.807, 2.05) is 0 Å². The molecule has 1 aromatic heterocycles. The molecule has 148 heavy (non-hydrogen) atoms. The number of rotatable bonds is 37. The quantitative estimate of drug-likeness (QED) is 0.0145. The first-order chi connectivity index (χ1) is 70.3. The van der Waals surface area contributed by atoms with Crippen molar-refractivity contribution in [2.24, 2.45) is 52.0 Å². The summed E-state index contributed by atoms with van der Waals surface area (Å²) in [6, 6.07) is -6.80. The van der Waals surface area contributed by atoms with Gasteiger partial charge in [0.15, 0.2) is 29.8 Å². The number of nitrogens with one attached hydrogen (secondary N) is 23. The highest BCUT2D eigenvalue weighted by atomic mass is 32.2. The molecule has 3 aromatic rings. The predicted octanol–water partition coefficient (Wildman–Crippen LogP) is -6.77. The van der Waals surface area contributed by atoms with E-state index in [2.05, 4.69) is 95.4 Å². The Morgan fingerprint density at radius 1 is 0.466 bits per heavy atom. The second kappa shape index (κ2) is 62.1. The number of para-hydroxylation sites is 1. The van der Waals surface area contributed by atoms with Gasteiger partial charge in [0.25, 0.3) is 0 Å². The van der Waals surface area contributed by atoms with Crippen molar-refractivity contribution < 1.29 is 91.4 Å². The van der Waals surface area contributed by atoms with Crippen LogP contribution in [0.5, 0.6) is 0 Å². The Kier molecular flexibility index (Phi) is 50.6. The number of nitrogens with zero attached hydrogens (tertiary/aromatic N) is 4. The number of benzene rings is 2. The maximum atomic E-state index is 15.5. The number of guanidine groups is 5. The first kappa shape index (κ1) is 121. The number of aliphatic carboxylic acids is 1. The molecule has 4 aliphatic rings. The van der Waals surface area contributed by atoms with Crippen molar-refractivity contribution in [1.29, 1.82) is 27.0 Å².